The minimum Gasteiger partial charge on any atom is -0.464 e. The van der Waals surface area contributed by atoms with E-state index < -0.39 is 6.55 Å². The molecule has 0 fully saturated rings. The van der Waals surface area contributed by atoms with Crippen molar-refractivity contribution in [2.24, 2.45) is 0 Å². The van der Waals surface area contributed by atoms with Gasteiger partial charge in [-0.25, -0.2) is 4.98 Å². The van der Waals surface area contributed by atoms with E-state index in [2.05, 4.69) is 4.98 Å². The molecule has 1 aromatic carbocycles. The largest absolute Gasteiger partial charge is 0.464 e. The van der Waals surface area contributed by atoms with Gasteiger partial charge >= 0.3 is 6.55 Å². The molecule has 0 atom stereocenters. The average molecular weight is 347 g/mol. The summed E-state index contributed by atoms with van der Waals surface area (Å²) in [5.41, 5.74) is 3.76. The maximum atomic E-state index is 12.9. The molecule has 0 unspecified atom stereocenters. The lowest BCUT2D eigenvalue weighted by Crippen LogP contribution is -2.29. The first-order chi connectivity index (χ1) is 11.9. The number of carbonyl (C=O) groups excluding carboxylic acids is 1. The number of nitrogens with zero attached hydrogens (tertiary/aromatic N) is 3. The van der Waals surface area contributed by atoms with Crippen molar-refractivity contribution in [1.82, 2.24) is 14.5 Å². The second kappa shape index (κ2) is 6.66. The third-order valence-electron chi connectivity index (χ3n) is 4.38. The van der Waals surface area contributed by atoms with Gasteiger partial charge in [0.15, 0.2) is 0 Å². The predicted molar refractivity (Wildman–Crippen MR) is 89.3 cm³/mol. The monoisotopic (exact) mass is 347 g/mol. The highest BCUT2D eigenvalue weighted by Crippen LogP contribution is 2.25. The van der Waals surface area contributed by atoms with Crippen molar-refractivity contribution < 1.29 is 18.0 Å². The van der Waals surface area contributed by atoms with Crippen LogP contribution in [0.3, 0.4) is 0 Å². The van der Waals surface area contributed by atoms with Gasteiger partial charge in [-0.15, -0.1) is 0 Å². The van der Waals surface area contributed by atoms with E-state index in [-0.39, 0.29) is 24.7 Å². The SMILES string of the molecule is Cc1cc2occ(CC(=O)N(C)Cc3nccn3C(F)F)c2cc1C. The minimum absolute atomic E-state index is 0.0179. The number of hydrogen-bond donors (Lipinski definition) is 0. The molecule has 0 spiro atoms. The number of furan rings is 1. The average Bonchev–Trinajstić information content (AvgIpc) is 3.16. The Hall–Kier alpha value is -2.70. The first-order valence-electron chi connectivity index (χ1n) is 7.88. The number of rotatable bonds is 5. The van der Waals surface area contributed by atoms with Crippen LogP contribution in [0.15, 0.2) is 35.2 Å². The van der Waals surface area contributed by atoms with Gasteiger partial charge < -0.3 is 9.32 Å². The summed E-state index contributed by atoms with van der Waals surface area (Å²) >= 11 is 0. The molecule has 5 nitrogen and oxygen atoms in total. The molecule has 3 aromatic rings. The highest BCUT2D eigenvalue weighted by molar-refractivity contribution is 5.88. The number of amides is 1. The Kier molecular flexibility index (Phi) is 4.57. The summed E-state index contributed by atoms with van der Waals surface area (Å²) in [5, 5.41) is 0.902. The number of halogens is 2. The number of likely N-dealkylation sites (N-methyl/N-ethyl adjacent to an activating group) is 1. The standard InChI is InChI=1S/C18H19F2N3O2/c1-11-6-14-13(10-25-15(14)7-12(11)2)8-17(24)22(3)9-16-21-4-5-23(16)18(19)20/h4-7,10,18H,8-9H2,1-3H3. The van der Waals surface area contributed by atoms with Gasteiger partial charge in [0.05, 0.1) is 19.2 Å². The predicted octanol–water partition coefficient (Wildman–Crippen LogP) is 3.84. The van der Waals surface area contributed by atoms with Crippen molar-refractivity contribution in [3.05, 3.63) is 53.3 Å². The van der Waals surface area contributed by atoms with Crippen LogP contribution in [0, 0.1) is 13.8 Å². The van der Waals surface area contributed by atoms with Crippen molar-refractivity contribution >= 4 is 16.9 Å². The molecule has 3 rings (SSSR count). The number of aryl methyl sites for hydroxylation is 2. The van der Waals surface area contributed by atoms with E-state index in [1.807, 2.05) is 26.0 Å². The smallest absolute Gasteiger partial charge is 0.319 e. The molecule has 0 N–H and O–H groups in total. The molecule has 1 amide bonds. The topological polar surface area (TPSA) is 51.3 Å². The summed E-state index contributed by atoms with van der Waals surface area (Å²) in [7, 11) is 1.57. The Morgan fingerprint density at radius 2 is 2.04 bits per heavy atom. The van der Waals surface area contributed by atoms with Crippen molar-refractivity contribution in [3.63, 3.8) is 0 Å². The van der Waals surface area contributed by atoms with E-state index in [1.165, 1.54) is 17.3 Å². The van der Waals surface area contributed by atoms with Crippen LogP contribution in [-0.2, 0) is 17.8 Å². The molecule has 2 aromatic heterocycles. The third kappa shape index (κ3) is 3.40. The molecule has 132 valence electrons. The highest BCUT2D eigenvalue weighted by Gasteiger charge is 2.18. The Balaban J connectivity index is 1.76. The lowest BCUT2D eigenvalue weighted by Gasteiger charge is -2.17. The van der Waals surface area contributed by atoms with Gasteiger partial charge in [-0.3, -0.25) is 9.36 Å². The highest BCUT2D eigenvalue weighted by atomic mass is 19.3. The summed E-state index contributed by atoms with van der Waals surface area (Å²) in [6.07, 6.45) is 4.22. The van der Waals surface area contributed by atoms with Crippen LogP contribution < -0.4 is 0 Å². The van der Waals surface area contributed by atoms with Gasteiger partial charge in [-0.05, 0) is 37.1 Å². The van der Waals surface area contributed by atoms with Gasteiger partial charge in [0.2, 0.25) is 5.91 Å². The summed E-state index contributed by atoms with van der Waals surface area (Å²) < 4.78 is 32.0. The van der Waals surface area contributed by atoms with Gasteiger partial charge in [0.1, 0.15) is 11.4 Å². The fourth-order valence-electron chi connectivity index (χ4n) is 2.72. The first-order valence-corrected chi connectivity index (χ1v) is 7.88. The minimum atomic E-state index is -2.68. The van der Waals surface area contributed by atoms with Crippen molar-refractivity contribution in [1.29, 1.82) is 0 Å². The molecule has 0 saturated carbocycles. The van der Waals surface area contributed by atoms with Crippen LogP contribution in [0.5, 0.6) is 0 Å². The molecule has 0 aliphatic heterocycles. The van der Waals surface area contributed by atoms with Crippen molar-refractivity contribution in [2.75, 3.05) is 7.05 Å². The second-order valence-electron chi connectivity index (χ2n) is 6.15. The molecular weight excluding hydrogens is 328 g/mol. The number of benzene rings is 1. The van der Waals surface area contributed by atoms with Crippen LogP contribution in [0.4, 0.5) is 8.78 Å². The van der Waals surface area contributed by atoms with Crippen LogP contribution in [0.2, 0.25) is 0 Å². The van der Waals surface area contributed by atoms with Crippen molar-refractivity contribution in [2.45, 2.75) is 33.4 Å². The van der Waals surface area contributed by atoms with E-state index in [1.54, 1.807) is 13.3 Å². The molecular formula is C18H19F2N3O2. The van der Waals surface area contributed by atoms with E-state index in [0.717, 1.165) is 32.2 Å². The summed E-state index contributed by atoms with van der Waals surface area (Å²) in [6, 6.07) is 3.95. The molecule has 7 heteroatoms. The van der Waals surface area contributed by atoms with Gasteiger partial charge in [0.25, 0.3) is 0 Å². The third-order valence-corrected chi connectivity index (χ3v) is 4.38. The fourth-order valence-corrected chi connectivity index (χ4v) is 2.72. The Bertz CT molecular complexity index is 914. The molecule has 0 radical (unpaired) electrons. The van der Waals surface area contributed by atoms with Crippen LogP contribution in [-0.4, -0.2) is 27.4 Å². The molecule has 0 saturated heterocycles. The van der Waals surface area contributed by atoms with E-state index in [9.17, 15) is 13.6 Å². The molecule has 0 aliphatic carbocycles. The molecule has 0 bridgehead atoms. The first kappa shape index (κ1) is 17.1. The second-order valence-corrected chi connectivity index (χ2v) is 6.15. The van der Waals surface area contributed by atoms with E-state index >= 15 is 0 Å². The number of alkyl halides is 2. The lowest BCUT2D eigenvalue weighted by molar-refractivity contribution is -0.129. The molecule has 0 aliphatic rings. The van der Waals surface area contributed by atoms with Gasteiger partial charge in [-0.2, -0.15) is 8.78 Å². The Labute approximate surface area is 143 Å². The fraction of sp³-hybridized carbons (Fsp3) is 0.333. The maximum Gasteiger partial charge on any atom is 0.319 e. The zero-order valence-electron chi connectivity index (χ0n) is 14.3. The number of fused-ring (bicyclic) bond motifs is 1. The maximum absolute atomic E-state index is 12.9. The summed E-state index contributed by atoms with van der Waals surface area (Å²) in [5.74, 6) is -0.0425. The summed E-state index contributed by atoms with van der Waals surface area (Å²) in [6.45, 7) is 1.35. The van der Waals surface area contributed by atoms with Crippen LogP contribution >= 0.6 is 0 Å². The summed E-state index contributed by atoms with van der Waals surface area (Å²) in [4.78, 5) is 17.8. The Morgan fingerprint density at radius 1 is 1.32 bits per heavy atom. The lowest BCUT2D eigenvalue weighted by atomic mass is 10.0. The van der Waals surface area contributed by atoms with Gasteiger partial charge in [0, 0.05) is 30.4 Å². The zero-order chi connectivity index (χ0) is 18.1. The normalized spacial score (nSPS) is 11.4. The van der Waals surface area contributed by atoms with Crippen molar-refractivity contribution in [3.8, 4) is 0 Å². The Morgan fingerprint density at radius 3 is 2.76 bits per heavy atom. The molecule has 2 heterocycles. The van der Waals surface area contributed by atoms with Gasteiger partial charge in [-0.1, -0.05) is 0 Å². The number of carbonyl (C=O) groups is 1. The van der Waals surface area contributed by atoms with E-state index in [0.29, 0.717) is 0 Å². The zero-order valence-corrected chi connectivity index (χ0v) is 14.3. The van der Waals surface area contributed by atoms with Crippen LogP contribution in [0.25, 0.3) is 11.0 Å². The number of hydrogen-bond acceptors (Lipinski definition) is 3. The van der Waals surface area contributed by atoms with Crippen LogP contribution in [0.1, 0.15) is 29.1 Å². The molecule has 25 heavy (non-hydrogen) atoms. The quantitative estimate of drug-likeness (QED) is 0.705. The number of aromatic nitrogens is 2. The van der Waals surface area contributed by atoms with E-state index in [4.69, 9.17) is 4.42 Å². The number of imidazole rings is 1.